The Morgan fingerprint density at radius 1 is 0.906 bits per heavy atom. The molecule has 0 unspecified atom stereocenters. The van der Waals surface area contributed by atoms with E-state index in [1.807, 2.05) is 0 Å². The molecule has 3 N–H and O–H groups in total. The van der Waals surface area contributed by atoms with Gasteiger partial charge >= 0.3 is 6.09 Å². The highest BCUT2D eigenvalue weighted by molar-refractivity contribution is 6.12. The Kier molecular flexibility index (Phi) is 6.56. The zero-order valence-electron chi connectivity index (χ0n) is 16.4. The van der Waals surface area contributed by atoms with Crippen LogP contribution in [0.2, 0.25) is 0 Å². The van der Waals surface area contributed by atoms with Crippen molar-refractivity contribution in [1.29, 1.82) is 5.26 Å². The maximum atomic E-state index is 14.1. The molecule has 3 rings (SSSR count). The number of Topliss-reactive ketones (excluding diaryl/α,β-unsaturated/α-hetero) is 1. The van der Waals surface area contributed by atoms with Gasteiger partial charge in [0.05, 0.1) is 35.0 Å². The number of rotatable bonds is 6. The van der Waals surface area contributed by atoms with E-state index in [2.05, 4.69) is 10.6 Å². The molecule has 3 aromatic carbocycles. The Bertz CT molecular complexity index is 1270. The summed E-state index contributed by atoms with van der Waals surface area (Å²) in [6, 6.07) is 15.0. The first-order valence-electron chi connectivity index (χ1n) is 9.20. The molecule has 0 heterocycles. The van der Waals surface area contributed by atoms with E-state index < -0.39 is 41.4 Å². The number of nitrogens with zero attached hydrogens (tertiary/aromatic N) is 1. The molecule has 0 aliphatic heterocycles. The van der Waals surface area contributed by atoms with Crippen LogP contribution in [0.15, 0.2) is 60.7 Å². The van der Waals surface area contributed by atoms with Gasteiger partial charge in [-0.2, -0.15) is 5.26 Å². The van der Waals surface area contributed by atoms with Crippen LogP contribution in [-0.2, 0) is 4.79 Å². The van der Waals surface area contributed by atoms with Gasteiger partial charge in [0.2, 0.25) is 5.91 Å². The molecule has 32 heavy (non-hydrogen) atoms. The first-order valence-corrected chi connectivity index (χ1v) is 9.20. The lowest BCUT2D eigenvalue weighted by molar-refractivity contribution is -0.115. The molecular weight excluding hydrogens is 420 g/mol. The van der Waals surface area contributed by atoms with E-state index in [1.165, 1.54) is 42.5 Å². The highest BCUT2D eigenvalue weighted by Crippen LogP contribution is 2.31. The van der Waals surface area contributed by atoms with E-state index >= 15 is 0 Å². The van der Waals surface area contributed by atoms with E-state index in [0.29, 0.717) is 5.56 Å². The lowest BCUT2D eigenvalue weighted by atomic mass is 10.0. The van der Waals surface area contributed by atoms with Gasteiger partial charge in [-0.05, 0) is 42.0 Å². The second kappa shape index (κ2) is 9.49. The molecule has 9 heteroatoms. The van der Waals surface area contributed by atoms with E-state index in [0.717, 1.165) is 12.1 Å². The zero-order chi connectivity index (χ0) is 23.3. The standard InChI is InChI=1S/C23H15F2N3O4/c24-17-4-2-1-3-15(17)14-6-8-19(28-23(31)32)20(10-14)27-22(30)11-21(29)16-9-13(12-26)5-7-18(16)25/h1-10,28H,11H2,(H,27,30)(H,31,32). The van der Waals surface area contributed by atoms with Crippen molar-refractivity contribution >= 4 is 29.2 Å². The molecule has 0 saturated heterocycles. The number of carbonyl (C=O) groups excluding carboxylic acids is 2. The van der Waals surface area contributed by atoms with Crippen LogP contribution in [0.3, 0.4) is 0 Å². The van der Waals surface area contributed by atoms with Crippen LogP contribution < -0.4 is 10.6 Å². The van der Waals surface area contributed by atoms with Crippen molar-refractivity contribution < 1.29 is 28.3 Å². The zero-order valence-corrected chi connectivity index (χ0v) is 16.4. The number of nitrogens with one attached hydrogen (secondary N) is 2. The minimum Gasteiger partial charge on any atom is -0.465 e. The highest BCUT2D eigenvalue weighted by Gasteiger charge is 2.18. The minimum absolute atomic E-state index is 0.00366. The molecule has 0 fully saturated rings. The van der Waals surface area contributed by atoms with E-state index in [1.54, 1.807) is 12.1 Å². The number of nitriles is 1. The minimum atomic E-state index is -1.40. The van der Waals surface area contributed by atoms with Gasteiger partial charge < -0.3 is 10.4 Å². The van der Waals surface area contributed by atoms with Crippen molar-refractivity contribution in [1.82, 2.24) is 0 Å². The highest BCUT2D eigenvalue weighted by atomic mass is 19.1. The predicted octanol–water partition coefficient (Wildman–Crippen LogP) is 4.80. The van der Waals surface area contributed by atoms with Crippen LogP contribution in [0.5, 0.6) is 0 Å². The smallest absolute Gasteiger partial charge is 0.409 e. The summed E-state index contributed by atoms with van der Waals surface area (Å²) >= 11 is 0. The summed E-state index contributed by atoms with van der Waals surface area (Å²) in [4.78, 5) is 35.9. The largest absolute Gasteiger partial charge is 0.465 e. The van der Waals surface area contributed by atoms with Crippen LogP contribution in [-0.4, -0.2) is 22.9 Å². The average Bonchev–Trinajstić information content (AvgIpc) is 2.75. The van der Waals surface area contributed by atoms with Crippen LogP contribution >= 0.6 is 0 Å². The lowest BCUT2D eigenvalue weighted by Gasteiger charge is -2.13. The number of benzene rings is 3. The third-order valence-corrected chi connectivity index (χ3v) is 4.44. The summed E-state index contributed by atoms with van der Waals surface area (Å²) in [5, 5.41) is 22.4. The number of hydrogen-bond donors (Lipinski definition) is 3. The van der Waals surface area contributed by atoms with Crippen LogP contribution in [0, 0.1) is 23.0 Å². The Balaban J connectivity index is 1.87. The molecule has 0 aliphatic rings. The molecule has 3 aromatic rings. The molecule has 0 bridgehead atoms. The molecule has 0 saturated carbocycles. The summed E-state index contributed by atoms with van der Waals surface area (Å²) in [5.41, 5.74) is 0.196. The summed E-state index contributed by atoms with van der Waals surface area (Å²) in [6.45, 7) is 0. The van der Waals surface area contributed by atoms with Crippen LogP contribution in [0.4, 0.5) is 25.0 Å². The summed E-state index contributed by atoms with van der Waals surface area (Å²) in [6.07, 6.45) is -2.16. The molecule has 2 amide bonds. The van der Waals surface area contributed by atoms with Gasteiger partial charge in [-0.3, -0.25) is 14.9 Å². The summed E-state index contributed by atoms with van der Waals surface area (Å²) < 4.78 is 28.1. The number of halogens is 2. The summed E-state index contributed by atoms with van der Waals surface area (Å²) in [5.74, 6) is -3.12. The van der Waals surface area contributed by atoms with Gasteiger partial charge in [-0.15, -0.1) is 0 Å². The topological polar surface area (TPSA) is 119 Å². The van der Waals surface area contributed by atoms with Crippen LogP contribution in [0.1, 0.15) is 22.3 Å². The number of anilines is 2. The quantitative estimate of drug-likeness (QED) is 0.379. The number of ketones is 1. The molecule has 0 aliphatic carbocycles. The molecule has 0 atom stereocenters. The van der Waals surface area contributed by atoms with E-state index in [9.17, 15) is 23.2 Å². The second-order valence-corrected chi connectivity index (χ2v) is 6.62. The van der Waals surface area contributed by atoms with Crippen molar-refractivity contribution in [2.24, 2.45) is 0 Å². The Morgan fingerprint density at radius 2 is 1.66 bits per heavy atom. The fraction of sp³-hybridized carbons (Fsp3) is 0.0435. The molecule has 0 radical (unpaired) electrons. The number of carbonyl (C=O) groups is 3. The number of carboxylic acid groups (broad SMARTS) is 1. The van der Waals surface area contributed by atoms with Crippen molar-refractivity contribution in [3.8, 4) is 17.2 Å². The maximum absolute atomic E-state index is 14.1. The average molecular weight is 435 g/mol. The van der Waals surface area contributed by atoms with E-state index in [4.69, 9.17) is 10.4 Å². The van der Waals surface area contributed by atoms with Crippen LogP contribution in [0.25, 0.3) is 11.1 Å². The Morgan fingerprint density at radius 3 is 2.34 bits per heavy atom. The maximum Gasteiger partial charge on any atom is 0.409 e. The molecular formula is C23H15F2N3O4. The fourth-order valence-electron chi connectivity index (χ4n) is 2.98. The second-order valence-electron chi connectivity index (χ2n) is 6.62. The fourth-order valence-corrected chi connectivity index (χ4v) is 2.98. The number of amides is 2. The Hall–Kier alpha value is -4.58. The lowest BCUT2D eigenvalue weighted by Crippen LogP contribution is -2.19. The number of hydrogen-bond acceptors (Lipinski definition) is 4. The molecule has 160 valence electrons. The molecule has 0 aromatic heterocycles. The third kappa shape index (κ3) is 5.12. The predicted molar refractivity (Wildman–Crippen MR) is 112 cm³/mol. The molecule has 7 nitrogen and oxygen atoms in total. The summed E-state index contributed by atoms with van der Waals surface area (Å²) in [7, 11) is 0. The van der Waals surface area contributed by atoms with Gasteiger partial charge in [0.15, 0.2) is 5.78 Å². The normalized spacial score (nSPS) is 10.2. The van der Waals surface area contributed by atoms with Crippen molar-refractivity contribution in [3.05, 3.63) is 83.4 Å². The van der Waals surface area contributed by atoms with Crippen molar-refractivity contribution in [2.45, 2.75) is 6.42 Å². The first kappa shape index (κ1) is 22.1. The van der Waals surface area contributed by atoms with Gasteiger partial charge in [0, 0.05) is 5.56 Å². The van der Waals surface area contributed by atoms with Gasteiger partial charge in [-0.1, -0.05) is 24.3 Å². The van der Waals surface area contributed by atoms with Gasteiger partial charge in [0.25, 0.3) is 0 Å². The van der Waals surface area contributed by atoms with E-state index in [-0.39, 0.29) is 22.5 Å². The van der Waals surface area contributed by atoms with Gasteiger partial charge in [0.1, 0.15) is 11.6 Å². The Labute approximate surface area is 180 Å². The SMILES string of the molecule is N#Cc1ccc(F)c(C(=O)CC(=O)Nc2cc(-c3ccccc3F)ccc2NC(=O)O)c1. The monoisotopic (exact) mass is 435 g/mol. The third-order valence-electron chi connectivity index (χ3n) is 4.44. The molecule has 0 spiro atoms. The first-order chi connectivity index (χ1) is 15.3. The van der Waals surface area contributed by atoms with Crippen molar-refractivity contribution in [2.75, 3.05) is 10.6 Å². The van der Waals surface area contributed by atoms with Crippen molar-refractivity contribution in [3.63, 3.8) is 0 Å². The van der Waals surface area contributed by atoms with Gasteiger partial charge in [-0.25, -0.2) is 13.6 Å².